The Hall–Kier alpha value is -0.120. The summed E-state index contributed by atoms with van der Waals surface area (Å²) in [6, 6.07) is 0. The van der Waals surface area contributed by atoms with E-state index in [1.165, 1.54) is 0 Å². The third kappa shape index (κ3) is 9.88. The second-order valence-electron chi connectivity index (χ2n) is 3.63. The molecule has 0 saturated carbocycles. The fraction of sp³-hybridized carbons (Fsp3) is 1.00. The third-order valence-corrected chi connectivity index (χ3v) is 1.50. The van der Waals surface area contributed by atoms with Crippen LogP contribution in [0.4, 0.5) is 0 Å². The predicted molar refractivity (Wildman–Crippen MR) is 49.4 cm³/mol. The van der Waals surface area contributed by atoms with Crippen molar-refractivity contribution in [2.45, 2.75) is 32.2 Å². The van der Waals surface area contributed by atoms with Crippen LogP contribution in [0, 0.1) is 0 Å². The van der Waals surface area contributed by atoms with E-state index < -0.39 is 0 Å². The molecule has 0 aromatic rings. The van der Waals surface area contributed by atoms with Crippen LogP contribution in [0.15, 0.2) is 0 Å². The van der Waals surface area contributed by atoms with Gasteiger partial charge in [0.1, 0.15) is 0 Å². The molecule has 0 fully saturated rings. The molecule has 0 aliphatic rings. The standard InChI is InChI=1S/C8H21N3/c1-8(2,10)4-7-11-6-3-5-9/h11H,3-7,9-10H2,1-2H3. The van der Waals surface area contributed by atoms with Crippen LogP contribution in [0.2, 0.25) is 0 Å². The van der Waals surface area contributed by atoms with Crippen molar-refractivity contribution in [2.24, 2.45) is 11.5 Å². The summed E-state index contributed by atoms with van der Waals surface area (Å²) in [5, 5.41) is 3.28. The molecule has 11 heavy (non-hydrogen) atoms. The summed E-state index contributed by atoms with van der Waals surface area (Å²) in [7, 11) is 0. The van der Waals surface area contributed by atoms with Crippen molar-refractivity contribution in [2.75, 3.05) is 19.6 Å². The van der Waals surface area contributed by atoms with Crippen molar-refractivity contribution in [3.05, 3.63) is 0 Å². The van der Waals surface area contributed by atoms with E-state index in [4.69, 9.17) is 11.5 Å². The monoisotopic (exact) mass is 159 g/mol. The van der Waals surface area contributed by atoms with Gasteiger partial charge in [0.15, 0.2) is 0 Å². The Balaban J connectivity index is 3.02. The summed E-state index contributed by atoms with van der Waals surface area (Å²) in [5.74, 6) is 0. The van der Waals surface area contributed by atoms with E-state index in [0.717, 1.165) is 32.5 Å². The van der Waals surface area contributed by atoms with E-state index in [1.54, 1.807) is 0 Å². The van der Waals surface area contributed by atoms with Crippen LogP contribution in [0.5, 0.6) is 0 Å². The highest BCUT2D eigenvalue weighted by Gasteiger charge is 2.08. The molecule has 3 nitrogen and oxygen atoms in total. The maximum absolute atomic E-state index is 5.79. The zero-order valence-corrected chi connectivity index (χ0v) is 7.69. The number of rotatable bonds is 6. The van der Waals surface area contributed by atoms with Crippen molar-refractivity contribution in [1.82, 2.24) is 5.32 Å². The first-order valence-electron chi connectivity index (χ1n) is 4.26. The van der Waals surface area contributed by atoms with Gasteiger partial charge in [-0.1, -0.05) is 0 Å². The molecule has 0 aromatic heterocycles. The summed E-state index contributed by atoms with van der Waals surface area (Å²) in [5.41, 5.74) is 11.1. The first-order valence-corrected chi connectivity index (χ1v) is 4.26. The molecule has 0 atom stereocenters. The molecule has 0 rings (SSSR count). The van der Waals surface area contributed by atoms with Gasteiger partial charge in [0.25, 0.3) is 0 Å². The summed E-state index contributed by atoms with van der Waals surface area (Å²) in [6.07, 6.45) is 2.06. The largest absolute Gasteiger partial charge is 0.330 e. The van der Waals surface area contributed by atoms with Crippen LogP contribution in [-0.4, -0.2) is 25.2 Å². The van der Waals surface area contributed by atoms with E-state index in [2.05, 4.69) is 5.32 Å². The van der Waals surface area contributed by atoms with Gasteiger partial charge in [0.05, 0.1) is 0 Å². The molecule has 0 spiro atoms. The Morgan fingerprint density at radius 3 is 2.36 bits per heavy atom. The molecule has 0 aliphatic heterocycles. The van der Waals surface area contributed by atoms with Crippen molar-refractivity contribution in [3.63, 3.8) is 0 Å². The molecule has 0 aliphatic carbocycles. The molecule has 0 aromatic carbocycles. The molecule has 3 heteroatoms. The lowest BCUT2D eigenvalue weighted by Gasteiger charge is -2.18. The second-order valence-corrected chi connectivity index (χ2v) is 3.63. The van der Waals surface area contributed by atoms with Crippen molar-refractivity contribution in [1.29, 1.82) is 0 Å². The average Bonchev–Trinajstić information content (AvgIpc) is 1.85. The van der Waals surface area contributed by atoms with Gasteiger partial charge in [-0.05, 0) is 46.3 Å². The summed E-state index contributed by atoms with van der Waals surface area (Å²) < 4.78 is 0. The molecule has 0 bridgehead atoms. The number of nitrogens with two attached hydrogens (primary N) is 2. The van der Waals surface area contributed by atoms with E-state index in [9.17, 15) is 0 Å². The van der Waals surface area contributed by atoms with E-state index in [1.807, 2.05) is 13.8 Å². The van der Waals surface area contributed by atoms with Gasteiger partial charge in [0.2, 0.25) is 0 Å². The minimum Gasteiger partial charge on any atom is -0.330 e. The zero-order valence-electron chi connectivity index (χ0n) is 7.69. The molecular formula is C8H21N3. The van der Waals surface area contributed by atoms with Crippen LogP contribution in [0.3, 0.4) is 0 Å². The molecule has 68 valence electrons. The summed E-state index contributed by atoms with van der Waals surface area (Å²) in [4.78, 5) is 0. The lowest BCUT2D eigenvalue weighted by molar-refractivity contribution is 0.454. The summed E-state index contributed by atoms with van der Waals surface area (Å²) >= 11 is 0. The number of hydrogen-bond donors (Lipinski definition) is 3. The van der Waals surface area contributed by atoms with Gasteiger partial charge >= 0.3 is 0 Å². The Labute approximate surface area is 69.5 Å². The smallest absolute Gasteiger partial charge is 0.0109 e. The van der Waals surface area contributed by atoms with Crippen LogP contribution in [0.25, 0.3) is 0 Å². The van der Waals surface area contributed by atoms with Crippen molar-refractivity contribution in [3.8, 4) is 0 Å². The lowest BCUT2D eigenvalue weighted by Crippen LogP contribution is -2.36. The highest BCUT2D eigenvalue weighted by Crippen LogP contribution is 2.00. The van der Waals surface area contributed by atoms with Gasteiger partial charge in [-0.15, -0.1) is 0 Å². The first kappa shape index (κ1) is 10.9. The average molecular weight is 159 g/mol. The van der Waals surface area contributed by atoms with Gasteiger partial charge < -0.3 is 16.8 Å². The zero-order chi connectivity index (χ0) is 8.74. The maximum Gasteiger partial charge on any atom is 0.0109 e. The minimum absolute atomic E-state index is 0.0459. The van der Waals surface area contributed by atoms with Crippen LogP contribution < -0.4 is 16.8 Å². The highest BCUT2D eigenvalue weighted by molar-refractivity contribution is 4.72. The molecule has 0 saturated heterocycles. The van der Waals surface area contributed by atoms with Crippen molar-refractivity contribution >= 4 is 0 Å². The Morgan fingerprint density at radius 2 is 1.91 bits per heavy atom. The second kappa shape index (κ2) is 5.52. The fourth-order valence-corrected chi connectivity index (χ4v) is 0.763. The van der Waals surface area contributed by atoms with E-state index in [-0.39, 0.29) is 5.54 Å². The fourth-order valence-electron chi connectivity index (χ4n) is 0.763. The number of nitrogens with one attached hydrogen (secondary N) is 1. The topological polar surface area (TPSA) is 64.1 Å². The lowest BCUT2D eigenvalue weighted by atomic mass is 10.0. The first-order chi connectivity index (χ1) is 5.06. The maximum atomic E-state index is 5.79. The van der Waals surface area contributed by atoms with Crippen LogP contribution >= 0.6 is 0 Å². The minimum atomic E-state index is -0.0459. The van der Waals surface area contributed by atoms with Crippen LogP contribution in [0.1, 0.15) is 26.7 Å². The quantitative estimate of drug-likeness (QED) is 0.480. The normalized spacial score (nSPS) is 12.0. The van der Waals surface area contributed by atoms with E-state index in [0.29, 0.717) is 0 Å². The predicted octanol–water partition coefficient (Wildman–Crippen LogP) is 0.0522. The summed E-state index contributed by atoms with van der Waals surface area (Å²) in [6.45, 7) is 6.84. The Morgan fingerprint density at radius 1 is 1.27 bits per heavy atom. The number of hydrogen-bond acceptors (Lipinski definition) is 3. The molecular weight excluding hydrogens is 138 g/mol. The Bertz CT molecular complexity index is 85.8. The SMILES string of the molecule is CC(C)(N)CCNCCCN. The molecule has 0 amide bonds. The highest BCUT2D eigenvalue weighted by atomic mass is 14.9. The van der Waals surface area contributed by atoms with Gasteiger partial charge in [-0.25, -0.2) is 0 Å². The van der Waals surface area contributed by atoms with E-state index >= 15 is 0 Å². The van der Waals surface area contributed by atoms with Crippen molar-refractivity contribution < 1.29 is 0 Å². The van der Waals surface area contributed by atoms with Gasteiger partial charge in [0, 0.05) is 5.54 Å². The molecule has 0 radical (unpaired) electrons. The third-order valence-electron chi connectivity index (χ3n) is 1.50. The molecule has 0 heterocycles. The van der Waals surface area contributed by atoms with Gasteiger partial charge in [-0.3, -0.25) is 0 Å². The molecule has 5 N–H and O–H groups in total. The van der Waals surface area contributed by atoms with Crippen LogP contribution in [-0.2, 0) is 0 Å². The Kier molecular flexibility index (Phi) is 5.46. The molecule has 0 unspecified atom stereocenters. The van der Waals surface area contributed by atoms with Gasteiger partial charge in [-0.2, -0.15) is 0 Å².